The van der Waals surface area contributed by atoms with Crippen LogP contribution in [0.25, 0.3) is 22.2 Å². The number of hydrogen-bond donors (Lipinski definition) is 1. The normalized spacial score (nSPS) is 11.8. The van der Waals surface area contributed by atoms with Crippen molar-refractivity contribution in [3.8, 4) is 22.6 Å². The smallest absolute Gasteiger partial charge is 0.337 e. The number of carbonyl (C=O) groups is 1. The fraction of sp³-hybridized carbons (Fsp3) is 0.194. The molecule has 204 valence electrons. The predicted octanol–water partition coefficient (Wildman–Crippen LogP) is 5.88. The van der Waals surface area contributed by atoms with E-state index in [9.17, 15) is 9.00 Å². The summed E-state index contributed by atoms with van der Waals surface area (Å²) in [4.78, 5) is 23.8. The molecule has 0 spiro atoms. The zero-order chi connectivity index (χ0) is 27.9. The van der Waals surface area contributed by atoms with Crippen molar-refractivity contribution in [1.82, 2.24) is 15.0 Å². The van der Waals surface area contributed by atoms with Crippen molar-refractivity contribution < 1.29 is 23.2 Å². The number of hydrogen-bond acceptors (Lipinski definition) is 7. The van der Waals surface area contributed by atoms with Crippen LogP contribution in [0.2, 0.25) is 0 Å². The van der Waals surface area contributed by atoms with E-state index >= 15 is 0 Å². The monoisotopic (exact) mass is 555 g/mol. The molecule has 3 aromatic carbocycles. The summed E-state index contributed by atoms with van der Waals surface area (Å²) < 4.78 is 29.6. The van der Waals surface area contributed by atoms with E-state index < -0.39 is 10.8 Å². The van der Waals surface area contributed by atoms with Gasteiger partial charge in [-0.25, -0.2) is 9.78 Å². The Morgan fingerprint density at radius 2 is 1.73 bits per heavy atom. The van der Waals surface area contributed by atoms with Crippen LogP contribution in [-0.4, -0.2) is 45.5 Å². The molecule has 8 nitrogen and oxygen atoms in total. The molecule has 0 amide bonds. The number of carbonyl (C=O) groups excluding carboxylic acids is 1. The Labute approximate surface area is 234 Å². The number of esters is 1. The average Bonchev–Trinajstić information content (AvgIpc) is 3.43. The summed E-state index contributed by atoms with van der Waals surface area (Å²) >= 11 is 0. The molecular weight excluding hydrogens is 526 g/mol. The summed E-state index contributed by atoms with van der Waals surface area (Å²) in [5.41, 5.74) is 5.64. The Morgan fingerprint density at radius 3 is 2.52 bits per heavy atom. The van der Waals surface area contributed by atoms with Gasteiger partial charge in [0.1, 0.15) is 11.5 Å². The van der Waals surface area contributed by atoms with Gasteiger partial charge in [-0.15, -0.1) is 0 Å². The van der Waals surface area contributed by atoms with Gasteiger partial charge in [0.2, 0.25) is 0 Å². The van der Waals surface area contributed by atoms with Gasteiger partial charge in [-0.05, 0) is 60.5 Å². The van der Waals surface area contributed by atoms with Crippen molar-refractivity contribution in [2.45, 2.75) is 24.3 Å². The topological polar surface area (TPSA) is 103 Å². The SMILES string of the molecule is COC(=O)c1cccc(-c2ccc(OCCCOc3ccnc(CS(=O)c4nc5ccccc5[nH]4)c3C)cc2)c1. The number of H-pyrrole nitrogens is 1. The van der Waals surface area contributed by atoms with Crippen LogP contribution in [0, 0.1) is 6.92 Å². The molecule has 0 aliphatic carbocycles. The lowest BCUT2D eigenvalue weighted by Gasteiger charge is -2.12. The van der Waals surface area contributed by atoms with Crippen molar-refractivity contribution in [3.05, 3.63) is 102 Å². The standard InChI is InChI=1S/C31H29N3O5S/c1-21-28(20-40(36)31-33-26-9-3-4-10-27(26)34-31)32-16-15-29(21)39-18-6-17-38-25-13-11-22(12-14-25)23-7-5-8-24(19-23)30(35)37-2/h3-5,7-16,19H,6,17-18,20H2,1-2H3,(H,33,34). The van der Waals surface area contributed by atoms with Gasteiger partial charge in [0, 0.05) is 18.2 Å². The predicted molar refractivity (Wildman–Crippen MR) is 154 cm³/mol. The van der Waals surface area contributed by atoms with Gasteiger partial charge in [0.05, 0.1) is 59.2 Å². The van der Waals surface area contributed by atoms with Gasteiger partial charge in [0.25, 0.3) is 0 Å². The minimum absolute atomic E-state index is 0.245. The van der Waals surface area contributed by atoms with E-state index in [0.29, 0.717) is 41.8 Å². The van der Waals surface area contributed by atoms with Gasteiger partial charge in [-0.3, -0.25) is 9.19 Å². The minimum atomic E-state index is -1.36. The quantitative estimate of drug-likeness (QED) is 0.160. The van der Waals surface area contributed by atoms with Crippen LogP contribution in [-0.2, 0) is 21.3 Å². The van der Waals surface area contributed by atoms with Gasteiger partial charge in [-0.1, -0.05) is 36.4 Å². The van der Waals surface area contributed by atoms with Gasteiger partial charge in [-0.2, -0.15) is 0 Å². The lowest BCUT2D eigenvalue weighted by atomic mass is 10.0. The third kappa shape index (κ3) is 6.38. The Bertz CT molecular complexity index is 1620. The molecule has 0 saturated heterocycles. The molecule has 5 aromatic rings. The van der Waals surface area contributed by atoms with E-state index in [1.165, 1.54) is 7.11 Å². The first-order valence-corrected chi connectivity index (χ1v) is 14.2. The molecular formula is C31H29N3O5S. The number of nitrogens with one attached hydrogen (secondary N) is 1. The fourth-order valence-corrected chi connectivity index (χ4v) is 5.31. The molecule has 0 saturated carbocycles. The number of imidazole rings is 1. The van der Waals surface area contributed by atoms with Crippen molar-refractivity contribution >= 4 is 27.8 Å². The van der Waals surface area contributed by atoms with Crippen molar-refractivity contribution in [2.75, 3.05) is 20.3 Å². The molecule has 5 rings (SSSR count). The maximum absolute atomic E-state index is 12.9. The maximum atomic E-state index is 12.9. The van der Waals surface area contributed by atoms with Crippen molar-refractivity contribution in [2.24, 2.45) is 0 Å². The van der Waals surface area contributed by atoms with Crippen LogP contribution in [0.4, 0.5) is 0 Å². The molecule has 1 unspecified atom stereocenters. The first kappa shape index (κ1) is 27.1. The first-order valence-electron chi connectivity index (χ1n) is 12.8. The highest BCUT2D eigenvalue weighted by Gasteiger charge is 2.15. The number of nitrogens with zero attached hydrogens (tertiary/aromatic N) is 2. The summed E-state index contributed by atoms with van der Waals surface area (Å²) in [5.74, 6) is 1.35. The molecule has 0 bridgehead atoms. The van der Waals surface area contributed by atoms with Crippen LogP contribution in [0.1, 0.15) is 28.0 Å². The lowest BCUT2D eigenvalue weighted by Crippen LogP contribution is -2.08. The molecule has 40 heavy (non-hydrogen) atoms. The number of fused-ring (bicyclic) bond motifs is 1. The average molecular weight is 556 g/mol. The number of aromatic amines is 1. The zero-order valence-corrected chi connectivity index (χ0v) is 23.1. The molecule has 0 fully saturated rings. The number of rotatable bonds is 11. The molecule has 1 atom stereocenters. The van der Waals surface area contributed by atoms with Crippen molar-refractivity contribution in [1.29, 1.82) is 0 Å². The van der Waals surface area contributed by atoms with Gasteiger partial charge < -0.3 is 19.2 Å². The molecule has 0 aliphatic heterocycles. The maximum Gasteiger partial charge on any atom is 0.337 e. The van der Waals surface area contributed by atoms with Gasteiger partial charge >= 0.3 is 5.97 Å². The number of para-hydroxylation sites is 2. The largest absolute Gasteiger partial charge is 0.493 e. The Kier molecular flexibility index (Phi) is 8.51. The van der Waals surface area contributed by atoms with Crippen LogP contribution in [0.15, 0.2) is 90.2 Å². The summed E-state index contributed by atoms with van der Waals surface area (Å²) in [7, 11) is 0.0124. The van der Waals surface area contributed by atoms with E-state index in [4.69, 9.17) is 14.2 Å². The van der Waals surface area contributed by atoms with Crippen molar-refractivity contribution in [3.63, 3.8) is 0 Å². The van der Waals surface area contributed by atoms with Crippen LogP contribution >= 0.6 is 0 Å². The summed E-state index contributed by atoms with van der Waals surface area (Å²) in [5, 5.41) is 0.439. The summed E-state index contributed by atoms with van der Waals surface area (Å²) in [6.45, 7) is 2.88. The molecule has 2 aromatic heterocycles. The van der Waals surface area contributed by atoms with E-state index in [2.05, 4.69) is 15.0 Å². The number of pyridine rings is 1. The second kappa shape index (κ2) is 12.6. The minimum Gasteiger partial charge on any atom is -0.493 e. The highest BCUT2D eigenvalue weighted by atomic mass is 32.2. The molecule has 0 radical (unpaired) electrons. The molecule has 2 heterocycles. The zero-order valence-electron chi connectivity index (χ0n) is 22.3. The van der Waals surface area contributed by atoms with E-state index in [-0.39, 0.29) is 11.7 Å². The Morgan fingerprint density at radius 1 is 0.925 bits per heavy atom. The molecule has 9 heteroatoms. The summed E-state index contributed by atoms with van der Waals surface area (Å²) in [6.07, 6.45) is 2.36. The van der Waals surface area contributed by atoms with Crippen LogP contribution < -0.4 is 9.47 Å². The number of methoxy groups -OCH3 is 1. The third-order valence-corrected chi connectivity index (χ3v) is 7.56. The fourth-order valence-electron chi connectivity index (χ4n) is 4.21. The number of aromatic nitrogens is 3. The molecule has 0 aliphatic rings. The lowest BCUT2D eigenvalue weighted by molar-refractivity contribution is 0.0600. The molecule has 1 N–H and O–H groups in total. The second-order valence-electron chi connectivity index (χ2n) is 9.08. The number of benzene rings is 3. The third-order valence-electron chi connectivity index (χ3n) is 6.40. The van der Waals surface area contributed by atoms with Crippen LogP contribution in [0.3, 0.4) is 0 Å². The first-order chi connectivity index (χ1) is 19.5. The van der Waals surface area contributed by atoms with E-state index in [1.54, 1.807) is 12.3 Å². The van der Waals surface area contributed by atoms with Gasteiger partial charge in [0.15, 0.2) is 5.16 Å². The van der Waals surface area contributed by atoms with Crippen LogP contribution in [0.5, 0.6) is 11.5 Å². The Hall–Kier alpha value is -4.50. The number of ether oxygens (including phenoxy) is 3. The van der Waals surface area contributed by atoms with E-state index in [0.717, 1.165) is 33.5 Å². The second-order valence-corrected chi connectivity index (χ2v) is 10.4. The highest BCUT2D eigenvalue weighted by molar-refractivity contribution is 7.84. The van der Waals surface area contributed by atoms with E-state index in [1.807, 2.05) is 79.7 Å². The Balaban J connectivity index is 1.11. The highest BCUT2D eigenvalue weighted by Crippen LogP contribution is 2.25. The summed E-state index contributed by atoms with van der Waals surface area (Å²) in [6, 6.07) is 24.5.